The van der Waals surface area contributed by atoms with Crippen LogP contribution in [0.25, 0.3) is 16.8 Å². The average molecular weight is 388 g/mol. The highest BCUT2D eigenvalue weighted by Crippen LogP contribution is 2.24. The normalized spacial score (nSPS) is 15.7. The van der Waals surface area contributed by atoms with E-state index in [-0.39, 0.29) is 0 Å². The van der Waals surface area contributed by atoms with Crippen molar-refractivity contribution in [1.29, 1.82) is 0 Å². The number of nitrogens with one attached hydrogen (secondary N) is 2. The minimum atomic E-state index is 0.320. The van der Waals surface area contributed by atoms with E-state index < -0.39 is 0 Å². The van der Waals surface area contributed by atoms with Gasteiger partial charge in [0.15, 0.2) is 5.82 Å². The summed E-state index contributed by atoms with van der Waals surface area (Å²) in [4.78, 5) is 10.00. The van der Waals surface area contributed by atoms with E-state index in [0.29, 0.717) is 17.5 Å². The number of aromatic nitrogens is 4. The number of benzene rings is 1. The van der Waals surface area contributed by atoms with Crippen molar-refractivity contribution in [3.63, 3.8) is 0 Å². The molecule has 5 rings (SSSR count). The van der Waals surface area contributed by atoms with E-state index in [0.717, 1.165) is 45.1 Å². The fourth-order valence-corrected chi connectivity index (χ4v) is 3.40. The standard InChI is InChI=1S/C21H20N6O2/c1-13-7-15-8-17(3-4-19(15)29-13)23-21-22-6-5-20(24-21)27-10-16(14(2)25-27)9-26-11-18(28)12-26/h3-8,10-12,26,28H,9H2,1-2H3,(H,22,23,24). The monoisotopic (exact) mass is 388 g/mol. The summed E-state index contributed by atoms with van der Waals surface area (Å²) in [6, 6.07) is 9.69. The number of quaternary nitrogens is 1. The third kappa shape index (κ3) is 3.41. The van der Waals surface area contributed by atoms with Gasteiger partial charge in [-0.25, -0.2) is 9.67 Å². The van der Waals surface area contributed by atoms with Crippen LogP contribution in [-0.2, 0) is 6.54 Å². The summed E-state index contributed by atoms with van der Waals surface area (Å²) < 4.78 is 7.37. The largest absolute Gasteiger partial charge is 0.535 e. The van der Waals surface area contributed by atoms with Gasteiger partial charge in [0, 0.05) is 35.1 Å². The van der Waals surface area contributed by atoms with Crippen LogP contribution in [0, 0.1) is 20.4 Å². The van der Waals surface area contributed by atoms with Gasteiger partial charge in [-0.2, -0.15) is 10.1 Å². The molecule has 0 spiro atoms. The first-order chi connectivity index (χ1) is 14.0. The number of aliphatic hydroxyl groups is 1. The fourth-order valence-electron chi connectivity index (χ4n) is 3.40. The first kappa shape index (κ1) is 17.3. The second kappa shape index (κ2) is 6.68. The molecule has 8 nitrogen and oxygen atoms in total. The quantitative estimate of drug-likeness (QED) is 0.455. The maximum absolute atomic E-state index is 9.29. The van der Waals surface area contributed by atoms with Crippen molar-refractivity contribution in [3.05, 3.63) is 78.2 Å². The predicted molar refractivity (Wildman–Crippen MR) is 108 cm³/mol. The van der Waals surface area contributed by atoms with Gasteiger partial charge in [0.1, 0.15) is 11.3 Å². The molecular formula is C21H20N6O2. The molecule has 0 aliphatic carbocycles. The van der Waals surface area contributed by atoms with Gasteiger partial charge in [-0.05, 0) is 50.9 Å². The lowest BCUT2D eigenvalue weighted by molar-refractivity contribution is -0.846. The van der Waals surface area contributed by atoms with Crippen molar-refractivity contribution in [2.45, 2.75) is 20.4 Å². The Labute approximate surface area is 167 Å². The minimum absolute atomic E-state index is 0.320. The van der Waals surface area contributed by atoms with Crippen LogP contribution in [0.5, 0.6) is 0 Å². The Bertz CT molecular complexity index is 1240. The molecule has 29 heavy (non-hydrogen) atoms. The molecule has 0 radical (unpaired) electrons. The van der Waals surface area contributed by atoms with Crippen LogP contribution in [0.4, 0.5) is 11.6 Å². The van der Waals surface area contributed by atoms with Gasteiger partial charge >= 0.3 is 0 Å². The van der Waals surface area contributed by atoms with Crippen molar-refractivity contribution in [3.8, 4) is 5.82 Å². The number of aliphatic hydroxyl groups excluding tert-OH is 1. The average Bonchev–Trinajstić information content (AvgIpc) is 3.22. The molecule has 0 saturated heterocycles. The lowest BCUT2D eigenvalue weighted by Crippen LogP contribution is -3.07. The number of fused-ring (bicyclic) bond motifs is 1. The van der Waals surface area contributed by atoms with Crippen LogP contribution in [0.3, 0.4) is 0 Å². The van der Waals surface area contributed by atoms with Gasteiger partial charge in [-0.1, -0.05) is 0 Å². The van der Waals surface area contributed by atoms with Gasteiger partial charge in [-0.3, -0.25) is 0 Å². The molecule has 1 atom stereocenters. The highest BCUT2D eigenvalue weighted by molar-refractivity contribution is 5.82. The maximum atomic E-state index is 9.29. The smallest absolute Gasteiger partial charge is 0.229 e. The van der Waals surface area contributed by atoms with Gasteiger partial charge in [0.25, 0.3) is 0 Å². The van der Waals surface area contributed by atoms with Gasteiger partial charge in [0.05, 0.1) is 18.0 Å². The summed E-state index contributed by atoms with van der Waals surface area (Å²) >= 11 is 0. The zero-order chi connectivity index (χ0) is 20.0. The molecule has 8 heteroatoms. The molecule has 3 N–H and O–H groups in total. The van der Waals surface area contributed by atoms with Gasteiger partial charge in [-0.15, -0.1) is 0 Å². The Morgan fingerprint density at radius 3 is 2.93 bits per heavy atom. The number of rotatable bonds is 5. The molecule has 3 aromatic heterocycles. The highest BCUT2D eigenvalue weighted by atomic mass is 16.3. The van der Waals surface area contributed by atoms with E-state index in [9.17, 15) is 5.11 Å². The van der Waals surface area contributed by atoms with Crippen molar-refractivity contribution in [2.75, 3.05) is 5.32 Å². The molecule has 0 saturated carbocycles. The van der Waals surface area contributed by atoms with Gasteiger partial charge < -0.3 is 19.7 Å². The van der Waals surface area contributed by atoms with E-state index in [2.05, 4.69) is 20.4 Å². The predicted octanol–water partition coefficient (Wildman–Crippen LogP) is 2.73. The van der Waals surface area contributed by atoms with Crippen molar-refractivity contribution < 1.29 is 14.4 Å². The third-order valence-corrected chi connectivity index (χ3v) is 4.83. The fraction of sp³-hybridized carbons (Fsp3) is 0.143. The van der Waals surface area contributed by atoms with E-state index >= 15 is 0 Å². The molecular weight excluding hydrogens is 368 g/mol. The number of hydrogen-bond acceptors (Lipinski definition) is 6. The van der Waals surface area contributed by atoms with Crippen molar-refractivity contribution >= 4 is 22.6 Å². The molecule has 0 fully saturated rings. The zero-order valence-corrected chi connectivity index (χ0v) is 16.0. The molecule has 0 bridgehead atoms. The van der Waals surface area contributed by atoms with E-state index in [1.807, 2.05) is 50.4 Å². The second-order valence-electron chi connectivity index (χ2n) is 7.12. The molecule has 1 aliphatic rings. The Morgan fingerprint density at radius 2 is 2.10 bits per heavy atom. The number of hydrogen-bond donors (Lipinski definition) is 3. The topological polar surface area (TPSA) is 93.4 Å². The number of nitrogens with zero attached hydrogens (tertiary/aromatic N) is 4. The SMILES string of the molecule is Cc1cc2cc(Nc3nccc(-n4cc(C[NH+]5C=C(O)[CH-]5)c(C)n4)n3)ccc2o1. The summed E-state index contributed by atoms with van der Waals surface area (Å²) in [5.74, 6) is 2.37. The first-order valence-corrected chi connectivity index (χ1v) is 9.30. The summed E-state index contributed by atoms with van der Waals surface area (Å²) in [6.07, 6.45) is 5.44. The molecule has 1 aliphatic heterocycles. The number of aryl methyl sites for hydroxylation is 2. The van der Waals surface area contributed by atoms with E-state index in [4.69, 9.17) is 4.42 Å². The van der Waals surface area contributed by atoms with Crippen LogP contribution < -0.4 is 10.2 Å². The molecule has 0 amide bonds. The lowest BCUT2D eigenvalue weighted by atomic mass is 10.2. The summed E-state index contributed by atoms with van der Waals surface area (Å²) in [5, 5.41) is 18.1. The summed E-state index contributed by atoms with van der Waals surface area (Å²) in [7, 11) is 0. The number of anilines is 2. The Kier molecular flexibility index (Phi) is 3.99. The lowest BCUT2D eigenvalue weighted by Gasteiger charge is -2.31. The Hall–Kier alpha value is -3.78. The number of furan rings is 1. The van der Waals surface area contributed by atoms with Crippen molar-refractivity contribution in [2.24, 2.45) is 0 Å². The molecule has 4 aromatic rings. The highest BCUT2D eigenvalue weighted by Gasteiger charge is 2.15. The van der Waals surface area contributed by atoms with Crippen LogP contribution >= 0.6 is 0 Å². The third-order valence-electron chi connectivity index (χ3n) is 4.83. The van der Waals surface area contributed by atoms with Gasteiger partial charge in [0.2, 0.25) is 5.95 Å². The molecule has 1 aromatic carbocycles. The second-order valence-corrected chi connectivity index (χ2v) is 7.12. The van der Waals surface area contributed by atoms with Crippen LogP contribution in [0.2, 0.25) is 0 Å². The minimum Gasteiger partial charge on any atom is -0.535 e. The summed E-state index contributed by atoms with van der Waals surface area (Å²) in [6.45, 7) is 6.40. The molecule has 4 heterocycles. The first-order valence-electron chi connectivity index (χ1n) is 9.30. The maximum Gasteiger partial charge on any atom is 0.229 e. The van der Waals surface area contributed by atoms with Crippen LogP contribution in [-0.4, -0.2) is 24.9 Å². The molecule has 146 valence electrons. The van der Waals surface area contributed by atoms with Crippen molar-refractivity contribution in [1.82, 2.24) is 19.7 Å². The molecule has 1 unspecified atom stereocenters. The Balaban J connectivity index is 1.37. The van der Waals surface area contributed by atoms with E-state index in [1.165, 1.54) is 0 Å². The zero-order valence-electron chi connectivity index (χ0n) is 16.0. The van der Waals surface area contributed by atoms with Crippen LogP contribution in [0.1, 0.15) is 17.0 Å². The van der Waals surface area contributed by atoms with Crippen LogP contribution in [0.15, 0.2) is 59.1 Å². The van der Waals surface area contributed by atoms with E-state index in [1.54, 1.807) is 23.6 Å². The summed E-state index contributed by atoms with van der Waals surface area (Å²) in [5.41, 5.74) is 3.76. The Morgan fingerprint density at radius 1 is 1.24 bits per heavy atom.